The maximum Gasteiger partial charge on any atom is 0.490 e. The number of aryl methyl sites for hydroxylation is 1. The molecule has 0 radical (unpaired) electrons. The van der Waals surface area contributed by atoms with Crippen molar-refractivity contribution in [3.05, 3.63) is 34.7 Å². The van der Waals surface area contributed by atoms with E-state index in [0.29, 0.717) is 6.54 Å². The van der Waals surface area contributed by atoms with E-state index in [1.54, 1.807) is 4.57 Å². The van der Waals surface area contributed by atoms with Crippen molar-refractivity contribution in [2.75, 3.05) is 0 Å². The highest BCUT2D eigenvalue weighted by molar-refractivity contribution is 5.74. The summed E-state index contributed by atoms with van der Waals surface area (Å²) in [5.74, 6) is -2.76. The number of hydrogen-bond acceptors (Lipinski definition) is 3. The van der Waals surface area contributed by atoms with Crippen molar-refractivity contribution < 1.29 is 23.1 Å². The molecule has 0 saturated carbocycles. The minimum absolute atomic E-state index is 0.0644. The van der Waals surface area contributed by atoms with E-state index in [-0.39, 0.29) is 11.2 Å². The fourth-order valence-electron chi connectivity index (χ4n) is 1.73. The van der Waals surface area contributed by atoms with E-state index in [4.69, 9.17) is 15.6 Å². The summed E-state index contributed by atoms with van der Waals surface area (Å²) in [4.78, 5) is 23.4. The third kappa shape index (κ3) is 5.78. The zero-order valence-electron chi connectivity index (χ0n) is 12.6. The standard InChI is InChI=1S/C12H17N3O.C2HF3O2/c1-12(2,13)7-8-15-10-6-4-3-5-9(10)14-11(15)16;3-2(4,5)1(6)7/h3-6H,7-8,13H2,1-2H3,(H,14,16);(H,6,7). The Morgan fingerprint density at radius 2 is 1.83 bits per heavy atom. The molecule has 2 aromatic rings. The highest BCUT2D eigenvalue weighted by atomic mass is 19.4. The van der Waals surface area contributed by atoms with Gasteiger partial charge in [-0.2, -0.15) is 13.2 Å². The van der Waals surface area contributed by atoms with Gasteiger partial charge >= 0.3 is 17.8 Å². The normalized spacial score (nSPS) is 11.9. The first-order valence-corrected chi connectivity index (χ1v) is 6.68. The quantitative estimate of drug-likeness (QED) is 0.800. The number of nitrogens with two attached hydrogens (primary N) is 1. The highest BCUT2D eigenvalue weighted by Gasteiger charge is 2.38. The first kappa shape index (κ1) is 18.8. The van der Waals surface area contributed by atoms with Crippen molar-refractivity contribution in [1.29, 1.82) is 0 Å². The number of para-hydroxylation sites is 2. The zero-order valence-corrected chi connectivity index (χ0v) is 12.6. The Hall–Kier alpha value is -2.29. The molecule has 0 saturated heterocycles. The number of halogens is 3. The van der Waals surface area contributed by atoms with E-state index in [2.05, 4.69) is 4.98 Å². The first-order chi connectivity index (χ1) is 10.4. The van der Waals surface area contributed by atoms with E-state index in [9.17, 15) is 18.0 Å². The van der Waals surface area contributed by atoms with Crippen molar-refractivity contribution in [1.82, 2.24) is 9.55 Å². The van der Waals surface area contributed by atoms with Crippen LogP contribution in [-0.2, 0) is 11.3 Å². The lowest BCUT2D eigenvalue weighted by Crippen LogP contribution is -2.34. The molecule has 0 aliphatic heterocycles. The van der Waals surface area contributed by atoms with Crippen LogP contribution >= 0.6 is 0 Å². The fourth-order valence-corrected chi connectivity index (χ4v) is 1.73. The number of hydrogen-bond donors (Lipinski definition) is 3. The lowest BCUT2D eigenvalue weighted by molar-refractivity contribution is -0.192. The molecule has 0 aliphatic carbocycles. The zero-order chi connectivity index (χ0) is 17.8. The number of aliphatic carboxylic acids is 1. The number of imidazole rings is 1. The molecule has 1 aromatic carbocycles. The summed E-state index contributed by atoms with van der Waals surface area (Å²) < 4.78 is 33.5. The lowest BCUT2D eigenvalue weighted by atomic mass is 10.0. The van der Waals surface area contributed by atoms with Gasteiger partial charge in [-0.1, -0.05) is 12.1 Å². The number of rotatable bonds is 3. The monoisotopic (exact) mass is 333 g/mol. The molecule has 1 aromatic heterocycles. The molecule has 4 N–H and O–H groups in total. The first-order valence-electron chi connectivity index (χ1n) is 6.68. The van der Waals surface area contributed by atoms with Gasteiger partial charge in [0.25, 0.3) is 0 Å². The number of carboxylic acid groups (broad SMARTS) is 1. The van der Waals surface area contributed by atoms with Crippen molar-refractivity contribution >= 4 is 17.0 Å². The molecule has 0 fully saturated rings. The Kier molecular flexibility index (Phi) is 5.60. The molecule has 23 heavy (non-hydrogen) atoms. The van der Waals surface area contributed by atoms with Crippen LogP contribution in [0, 0.1) is 0 Å². The molecule has 1 heterocycles. The molecule has 128 valence electrons. The number of carboxylic acids is 1. The highest BCUT2D eigenvalue weighted by Crippen LogP contribution is 2.13. The Balaban J connectivity index is 0.000000322. The smallest absolute Gasteiger partial charge is 0.475 e. The molecule has 2 rings (SSSR count). The van der Waals surface area contributed by atoms with Crippen molar-refractivity contribution in [3.63, 3.8) is 0 Å². The number of nitrogens with zero attached hydrogens (tertiary/aromatic N) is 1. The topological polar surface area (TPSA) is 101 Å². The number of H-pyrrole nitrogens is 1. The van der Waals surface area contributed by atoms with Gasteiger partial charge in [-0.15, -0.1) is 0 Å². The Labute approximate surface area is 129 Å². The third-order valence-corrected chi connectivity index (χ3v) is 2.90. The average Bonchev–Trinajstić information content (AvgIpc) is 2.70. The average molecular weight is 333 g/mol. The van der Waals surface area contributed by atoms with E-state index >= 15 is 0 Å². The molecule has 0 amide bonds. The summed E-state index contributed by atoms with van der Waals surface area (Å²) in [5, 5.41) is 7.12. The summed E-state index contributed by atoms with van der Waals surface area (Å²) in [5.41, 5.74) is 7.42. The van der Waals surface area contributed by atoms with Gasteiger partial charge in [0, 0.05) is 12.1 Å². The van der Waals surface area contributed by atoms with Gasteiger partial charge in [0.15, 0.2) is 0 Å². The number of fused-ring (bicyclic) bond motifs is 1. The molecule has 0 bridgehead atoms. The minimum Gasteiger partial charge on any atom is -0.475 e. The third-order valence-electron chi connectivity index (χ3n) is 2.90. The maximum absolute atomic E-state index is 11.7. The Morgan fingerprint density at radius 1 is 1.30 bits per heavy atom. The van der Waals surface area contributed by atoms with Gasteiger partial charge in [0.05, 0.1) is 11.0 Å². The van der Waals surface area contributed by atoms with E-state index in [0.717, 1.165) is 17.5 Å². The van der Waals surface area contributed by atoms with Crippen molar-refractivity contribution in [2.45, 2.75) is 38.5 Å². The largest absolute Gasteiger partial charge is 0.490 e. The van der Waals surface area contributed by atoms with E-state index in [1.165, 1.54) is 0 Å². The molecule has 0 aliphatic rings. The maximum atomic E-state index is 11.7. The second-order valence-electron chi connectivity index (χ2n) is 5.64. The summed E-state index contributed by atoms with van der Waals surface area (Å²) in [6.07, 6.45) is -4.31. The van der Waals surface area contributed by atoms with Crippen LogP contribution in [0.5, 0.6) is 0 Å². The molecule has 0 atom stereocenters. The van der Waals surface area contributed by atoms with Gasteiger partial charge in [-0.05, 0) is 32.4 Å². The van der Waals surface area contributed by atoms with Gasteiger partial charge < -0.3 is 15.8 Å². The molecular formula is C14H18F3N3O3. The molecule has 9 heteroatoms. The Bertz CT molecular complexity index is 726. The van der Waals surface area contributed by atoms with Gasteiger partial charge in [0.1, 0.15) is 0 Å². The molecular weight excluding hydrogens is 315 g/mol. The fraction of sp³-hybridized carbons (Fsp3) is 0.429. The summed E-state index contributed by atoms with van der Waals surface area (Å²) in [7, 11) is 0. The van der Waals surface area contributed by atoms with E-state index < -0.39 is 12.1 Å². The number of alkyl halides is 3. The molecule has 0 unspecified atom stereocenters. The summed E-state index contributed by atoms with van der Waals surface area (Å²) in [6, 6.07) is 7.69. The number of nitrogens with one attached hydrogen (secondary N) is 1. The SMILES string of the molecule is CC(C)(N)CCn1c(=O)[nH]c2ccccc21.O=C(O)C(F)(F)F. The van der Waals surface area contributed by atoms with Crippen LogP contribution in [0.25, 0.3) is 11.0 Å². The lowest BCUT2D eigenvalue weighted by Gasteiger charge is -2.18. The second kappa shape index (κ2) is 6.86. The predicted octanol–water partition coefficient (Wildman–Crippen LogP) is 2.09. The number of carbonyl (C=O) groups is 1. The van der Waals surface area contributed by atoms with Crippen molar-refractivity contribution in [3.8, 4) is 0 Å². The number of benzene rings is 1. The van der Waals surface area contributed by atoms with Gasteiger partial charge in [-0.3, -0.25) is 4.57 Å². The van der Waals surface area contributed by atoms with Crippen LogP contribution in [0.4, 0.5) is 13.2 Å². The van der Waals surface area contributed by atoms with E-state index in [1.807, 2.05) is 38.1 Å². The van der Waals surface area contributed by atoms with Crippen LogP contribution in [0.15, 0.2) is 29.1 Å². The minimum atomic E-state index is -5.08. The van der Waals surface area contributed by atoms with Crippen molar-refractivity contribution in [2.24, 2.45) is 5.73 Å². The van der Waals surface area contributed by atoms with Crippen LogP contribution < -0.4 is 11.4 Å². The number of aromatic nitrogens is 2. The molecule has 0 spiro atoms. The number of aromatic amines is 1. The van der Waals surface area contributed by atoms with Gasteiger partial charge in [-0.25, -0.2) is 9.59 Å². The van der Waals surface area contributed by atoms with Gasteiger partial charge in [0.2, 0.25) is 0 Å². The van der Waals surface area contributed by atoms with Crippen LogP contribution in [-0.4, -0.2) is 32.3 Å². The van der Waals surface area contributed by atoms with Crippen LogP contribution in [0.3, 0.4) is 0 Å². The molecule has 6 nitrogen and oxygen atoms in total. The van der Waals surface area contributed by atoms with Crippen LogP contribution in [0.2, 0.25) is 0 Å². The Morgan fingerprint density at radius 3 is 2.30 bits per heavy atom. The predicted molar refractivity (Wildman–Crippen MR) is 79.1 cm³/mol. The summed E-state index contributed by atoms with van der Waals surface area (Å²) in [6.45, 7) is 4.58. The second-order valence-corrected chi connectivity index (χ2v) is 5.64. The van der Waals surface area contributed by atoms with Crippen LogP contribution in [0.1, 0.15) is 20.3 Å². The summed E-state index contributed by atoms with van der Waals surface area (Å²) >= 11 is 0.